The number of carbonyl (C=O) groups excluding carboxylic acids is 1. The molecule has 0 bridgehead atoms. The molecule has 0 aliphatic carbocycles. The smallest absolute Gasteiger partial charge is 0.244 e. The fourth-order valence-electron chi connectivity index (χ4n) is 2.12. The number of hydrogen-bond acceptors (Lipinski definition) is 4. The zero-order valence-electron chi connectivity index (χ0n) is 12.3. The van der Waals surface area contributed by atoms with Crippen LogP contribution >= 0.6 is 11.3 Å². The van der Waals surface area contributed by atoms with E-state index in [-0.39, 0.29) is 12.5 Å². The molecule has 2 aromatic heterocycles. The van der Waals surface area contributed by atoms with E-state index in [0.717, 1.165) is 11.3 Å². The number of nitrogens with one attached hydrogen (secondary N) is 1. The number of thiophene rings is 1. The summed E-state index contributed by atoms with van der Waals surface area (Å²) in [5.74, 6) is 1.17. The lowest BCUT2D eigenvalue weighted by Gasteiger charge is -2.22. The third kappa shape index (κ3) is 4.06. The molecule has 0 spiro atoms. The molecule has 2 aromatic rings. The van der Waals surface area contributed by atoms with Crippen LogP contribution in [0.5, 0.6) is 0 Å². The predicted molar refractivity (Wildman–Crippen MR) is 84.1 cm³/mol. The molecular formula is C16H19NO3S. The molecule has 5 heteroatoms. The molecular weight excluding hydrogens is 286 g/mol. The van der Waals surface area contributed by atoms with Gasteiger partial charge in [0.25, 0.3) is 0 Å². The van der Waals surface area contributed by atoms with E-state index >= 15 is 0 Å². The van der Waals surface area contributed by atoms with Crippen molar-refractivity contribution >= 4 is 23.3 Å². The molecule has 2 N–H and O–H groups in total. The zero-order valence-corrected chi connectivity index (χ0v) is 13.2. The fraction of sp³-hybridized carbons (Fsp3) is 0.312. The van der Waals surface area contributed by atoms with Gasteiger partial charge in [0.15, 0.2) is 0 Å². The van der Waals surface area contributed by atoms with E-state index in [9.17, 15) is 9.90 Å². The van der Waals surface area contributed by atoms with E-state index in [1.54, 1.807) is 37.3 Å². The first-order valence-electron chi connectivity index (χ1n) is 6.66. The van der Waals surface area contributed by atoms with Crippen LogP contribution in [0.3, 0.4) is 0 Å². The van der Waals surface area contributed by atoms with Crippen molar-refractivity contribution in [2.24, 2.45) is 0 Å². The highest BCUT2D eigenvalue weighted by molar-refractivity contribution is 7.08. The summed E-state index contributed by atoms with van der Waals surface area (Å²) in [6.45, 7) is 5.41. The summed E-state index contributed by atoms with van der Waals surface area (Å²) >= 11 is 1.58. The van der Waals surface area contributed by atoms with Crippen LogP contribution in [0.15, 0.2) is 33.4 Å². The molecule has 0 aromatic carbocycles. The third-order valence-corrected chi connectivity index (χ3v) is 3.90. The highest BCUT2D eigenvalue weighted by Crippen LogP contribution is 2.26. The van der Waals surface area contributed by atoms with Crippen LogP contribution in [0.25, 0.3) is 6.08 Å². The maximum atomic E-state index is 11.8. The molecule has 1 atom stereocenters. The first-order chi connectivity index (χ1) is 9.88. The standard InChI is InChI=1S/C16H19NO3S/c1-11-8-14(12(2)20-11)16(3,19)10-17-15(18)5-4-13-6-7-21-9-13/h4-9,19H,10H2,1-3H3,(H,17,18). The Morgan fingerprint density at radius 3 is 2.86 bits per heavy atom. The van der Waals surface area contributed by atoms with Crippen molar-refractivity contribution in [1.82, 2.24) is 5.32 Å². The van der Waals surface area contributed by atoms with E-state index in [1.807, 2.05) is 23.8 Å². The number of furan rings is 1. The molecule has 112 valence electrons. The summed E-state index contributed by atoms with van der Waals surface area (Å²) in [7, 11) is 0. The van der Waals surface area contributed by atoms with Crippen molar-refractivity contribution in [2.45, 2.75) is 26.4 Å². The van der Waals surface area contributed by atoms with Crippen molar-refractivity contribution in [2.75, 3.05) is 6.54 Å². The molecule has 0 aliphatic heterocycles. The molecule has 0 saturated heterocycles. The summed E-state index contributed by atoms with van der Waals surface area (Å²) in [6.07, 6.45) is 3.21. The number of hydrogen-bond donors (Lipinski definition) is 2. The van der Waals surface area contributed by atoms with E-state index < -0.39 is 5.60 Å². The van der Waals surface area contributed by atoms with Gasteiger partial charge in [-0.25, -0.2) is 0 Å². The Balaban J connectivity index is 1.95. The summed E-state index contributed by atoms with van der Waals surface area (Å²) in [5, 5.41) is 17.1. The normalized spacial score (nSPS) is 14.3. The second-order valence-electron chi connectivity index (χ2n) is 5.21. The maximum absolute atomic E-state index is 11.8. The minimum Gasteiger partial charge on any atom is -0.466 e. The summed E-state index contributed by atoms with van der Waals surface area (Å²) < 4.78 is 5.42. The average molecular weight is 305 g/mol. The lowest BCUT2D eigenvalue weighted by Crippen LogP contribution is -2.38. The summed E-state index contributed by atoms with van der Waals surface area (Å²) in [4.78, 5) is 11.8. The monoisotopic (exact) mass is 305 g/mol. The summed E-state index contributed by atoms with van der Waals surface area (Å²) in [6, 6.07) is 3.73. The Labute approximate surface area is 128 Å². The molecule has 2 heterocycles. The average Bonchev–Trinajstić information content (AvgIpc) is 3.04. The van der Waals surface area contributed by atoms with Gasteiger partial charge in [0, 0.05) is 11.6 Å². The first kappa shape index (κ1) is 15.5. The minimum absolute atomic E-state index is 0.125. The molecule has 21 heavy (non-hydrogen) atoms. The third-order valence-electron chi connectivity index (χ3n) is 3.20. The van der Waals surface area contributed by atoms with Gasteiger partial charge in [-0.05, 0) is 55.3 Å². The molecule has 1 unspecified atom stereocenters. The minimum atomic E-state index is -1.16. The van der Waals surface area contributed by atoms with Crippen molar-refractivity contribution in [1.29, 1.82) is 0 Å². The highest BCUT2D eigenvalue weighted by Gasteiger charge is 2.27. The first-order valence-corrected chi connectivity index (χ1v) is 7.61. The van der Waals surface area contributed by atoms with Gasteiger partial charge in [-0.3, -0.25) is 4.79 Å². The Kier molecular flexibility index (Phi) is 4.65. The Hall–Kier alpha value is -1.85. The maximum Gasteiger partial charge on any atom is 0.244 e. The number of carbonyl (C=O) groups is 1. The Morgan fingerprint density at radius 2 is 2.29 bits per heavy atom. The van der Waals surface area contributed by atoms with Gasteiger partial charge < -0.3 is 14.8 Å². The van der Waals surface area contributed by atoms with Gasteiger partial charge in [0.1, 0.15) is 17.1 Å². The van der Waals surface area contributed by atoms with Gasteiger partial charge in [-0.1, -0.05) is 0 Å². The zero-order chi connectivity index (χ0) is 15.5. The quantitative estimate of drug-likeness (QED) is 0.835. The lowest BCUT2D eigenvalue weighted by molar-refractivity contribution is -0.117. The molecule has 0 fully saturated rings. The second kappa shape index (κ2) is 6.28. The van der Waals surface area contributed by atoms with Crippen LogP contribution in [-0.4, -0.2) is 17.6 Å². The topological polar surface area (TPSA) is 62.5 Å². The predicted octanol–water partition coefficient (Wildman–Crippen LogP) is 3.00. The second-order valence-corrected chi connectivity index (χ2v) is 5.99. The molecule has 4 nitrogen and oxygen atoms in total. The van der Waals surface area contributed by atoms with E-state index in [4.69, 9.17) is 4.42 Å². The van der Waals surface area contributed by atoms with Gasteiger partial charge in [0.2, 0.25) is 5.91 Å². The van der Waals surface area contributed by atoms with Crippen LogP contribution in [0.1, 0.15) is 29.6 Å². The molecule has 2 rings (SSSR count). The van der Waals surface area contributed by atoms with Gasteiger partial charge in [-0.2, -0.15) is 11.3 Å². The Bertz CT molecular complexity index is 639. The van der Waals surface area contributed by atoms with Crippen LogP contribution in [-0.2, 0) is 10.4 Å². The highest BCUT2D eigenvalue weighted by atomic mass is 32.1. The molecule has 0 saturated carbocycles. The number of aryl methyl sites for hydroxylation is 2. The van der Waals surface area contributed by atoms with Crippen LogP contribution < -0.4 is 5.32 Å². The summed E-state index contributed by atoms with van der Waals surface area (Å²) in [5.41, 5.74) is 0.526. The van der Waals surface area contributed by atoms with E-state index in [1.165, 1.54) is 6.08 Å². The van der Waals surface area contributed by atoms with E-state index in [2.05, 4.69) is 5.32 Å². The number of aliphatic hydroxyl groups is 1. The van der Waals surface area contributed by atoms with Gasteiger partial charge >= 0.3 is 0 Å². The van der Waals surface area contributed by atoms with Crippen LogP contribution in [0.2, 0.25) is 0 Å². The van der Waals surface area contributed by atoms with Crippen LogP contribution in [0.4, 0.5) is 0 Å². The number of rotatable bonds is 5. The van der Waals surface area contributed by atoms with Gasteiger partial charge in [-0.15, -0.1) is 0 Å². The van der Waals surface area contributed by atoms with Crippen molar-refractivity contribution in [3.63, 3.8) is 0 Å². The van der Waals surface area contributed by atoms with Crippen molar-refractivity contribution < 1.29 is 14.3 Å². The molecule has 0 radical (unpaired) electrons. The molecule has 1 amide bonds. The van der Waals surface area contributed by atoms with E-state index in [0.29, 0.717) is 11.3 Å². The number of amides is 1. The Morgan fingerprint density at radius 1 is 1.52 bits per heavy atom. The fourth-order valence-corrected chi connectivity index (χ4v) is 2.75. The van der Waals surface area contributed by atoms with Crippen molar-refractivity contribution in [3.05, 3.63) is 51.6 Å². The largest absolute Gasteiger partial charge is 0.466 e. The van der Waals surface area contributed by atoms with Crippen molar-refractivity contribution in [3.8, 4) is 0 Å². The van der Waals surface area contributed by atoms with Crippen LogP contribution in [0, 0.1) is 13.8 Å². The lowest BCUT2D eigenvalue weighted by atomic mass is 9.96. The van der Waals surface area contributed by atoms with Gasteiger partial charge in [0.05, 0.1) is 6.54 Å². The SMILES string of the molecule is Cc1cc(C(C)(O)CNC(=O)C=Cc2ccsc2)c(C)o1. The molecule has 0 aliphatic rings.